The minimum atomic E-state index is -0.309. The van der Waals surface area contributed by atoms with E-state index in [1.165, 1.54) is 16.7 Å². The van der Waals surface area contributed by atoms with Gasteiger partial charge in [-0.2, -0.15) is 5.26 Å². The van der Waals surface area contributed by atoms with Crippen molar-refractivity contribution in [2.45, 2.75) is 44.6 Å². The van der Waals surface area contributed by atoms with Gasteiger partial charge in [0.15, 0.2) is 0 Å². The Morgan fingerprint density at radius 3 is 2.38 bits per heavy atom. The van der Waals surface area contributed by atoms with Crippen molar-refractivity contribution in [3.63, 3.8) is 0 Å². The van der Waals surface area contributed by atoms with Gasteiger partial charge in [0.1, 0.15) is 0 Å². The van der Waals surface area contributed by atoms with Crippen LogP contribution in [0.25, 0.3) is 0 Å². The van der Waals surface area contributed by atoms with Crippen LogP contribution in [-0.2, 0) is 18.4 Å². The van der Waals surface area contributed by atoms with Gasteiger partial charge in [-0.1, -0.05) is 67.9 Å². The van der Waals surface area contributed by atoms with Gasteiger partial charge in [-0.25, -0.2) is 0 Å². The fraction of sp³-hybridized carbons (Fsp3) is 0.409. The van der Waals surface area contributed by atoms with E-state index in [0.29, 0.717) is 0 Å². The molecule has 2 aromatic carbocycles. The van der Waals surface area contributed by atoms with Crippen molar-refractivity contribution in [2.24, 2.45) is 0 Å². The molecule has 0 unspecified atom stereocenters. The monoisotopic (exact) mass is 318 g/mol. The fourth-order valence-electron chi connectivity index (χ4n) is 3.71. The van der Waals surface area contributed by atoms with E-state index in [-0.39, 0.29) is 5.41 Å². The molecule has 0 amide bonds. The highest BCUT2D eigenvalue weighted by Gasteiger charge is 2.36. The molecule has 0 spiro atoms. The second-order valence-electron chi connectivity index (χ2n) is 6.91. The molecule has 1 aliphatic rings. The van der Waals surface area contributed by atoms with E-state index in [1.807, 2.05) is 0 Å². The standard InChI is InChI=1S/C22H26N2/c1-2-7-19-10-6-11-21(16-19)22(18-23)12-14-24(15-13-22)17-20-8-4-3-5-9-20/h3-6,8-11,16H,2,7,12-15,17H2,1H3. The maximum atomic E-state index is 9.92. The second kappa shape index (κ2) is 7.64. The van der Waals surface area contributed by atoms with Crippen LogP contribution in [0.15, 0.2) is 54.6 Å². The Morgan fingerprint density at radius 1 is 1.00 bits per heavy atom. The molecule has 124 valence electrons. The van der Waals surface area contributed by atoms with E-state index >= 15 is 0 Å². The summed E-state index contributed by atoms with van der Waals surface area (Å²) in [5.41, 5.74) is 3.62. The molecule has 24 heavy (non-hydrogen) atoms. The molecule has 1 saturated heterocycles. The molecule has 0 aromatic heterocycles. The summed E-state index contributed by atoms with van der Waals surface area (Å²) in [7, 11) is 0. The summed E-state index contributed by atoms with van der Waals surface area (Å²) < 4.78 is 0. The summed E-state index contributed by atoms with van der Waals surface area (Å²) in [6, 6.07) is 22.0. The zero-order valence-corrected chi connectivity index (χ0v) is 14.5. The topological polar surface area (TPSA) is 27.0 Å². The van der Waals surface area contributed by atoms with Crippen molar-refractivity contribution >= 4 is 0 Å². The molecule has 0 aliphatic carbocycles. The van der Waals surface area contributed by atoms with Gasteiger partial charge in [0.05, 0.1) is 11.5 Å². The summed E-state index contributed by atoms with van der Waals surface area (Å²) in [4.78, 5) is 2.47. The number of benzene rings is 2. The lowest BCUT2D eigenvalue weighted by molar-refractivity contribution is 0.179. The zero-order chi connectivity index (χ0) is 16.8. The molecule has 2 nitrogen and oxygen atoms in total. The Bertz CT molecular complexity index is 691. The first-order valence-corrected chi connectivity index (χ1v) is 9.03. The van der Waals surface area contributed by atoms with Crippen molar-refractivity contribution in [3.8, 4) is 6.07 Å². The van der Waals surface area contributed by atoms with Crippen molar-refractivity contribution in [3.05, 3.63) is 71.3 Å². The van der Waals surface area contributed by atoms with Gasteiger partial charge in [-0.15, -0.1) is 0 Å². The maximum Gasteiger partial charge on any atom is 0.0846 e. The number of nitriles is 1. The van der Waals surface area contributed by atoms with Crippen LogP contribution in [0.4, 0.5) is 0 Å². The second-order valence-corrected chi connectivity index (χ2v) is 6.91. The predicted molar refractivity (Wildman–Crippen MR) is 98.7 cm³/mol. The Balaban J connectivity index is 1.70. The minimum absolute atomic E-state index is 0.309. The van der Waals surface area contributed by atoms with E-state index in [9.17, 15) is 5.26 Å². The van der Waals surface area contributed by atoms with Crippen molar-refractivity contribution < 1.29 is 0 Å². The first-order chi connectivity index (χ1) is 11.8. The highest BCUT2D eigenvalue weighted by molar-refractivity contribution is 5.36. The average Bonchev–Trinajstić information content (AvgIpc) is 2.64. The molecule has 0 bridgehead atoms. The third-order valence-corrected chi connectivity index (χ3v) is 5.19. The summed E-state index contributed by atoms with van der Waals surface area (Å²) >= 11 is 0. The Hall–Kier alpha value is -2.11. The normalized spacial score (nSPS) is 17.3. The van der Waals surface area contributed by atoms with Crippen LogP contribution >= 0.6 is 0 Å². The number of aryl methyl sites for hydroxylation is 1. The van der Waals surface area contributed by atoms with Gasteiger partial charge >= 0.3 is 0 Å². The van der Waals surface area contributed by atoms with Crippen LogP contribution in [0.5, 0.6) is 0 Å². The number of nitrogens with zero attached hydrogens (tertiary/aromatic N) is 2. The van der Waals surface area contributed by atoms with Crippen LogP contribution in [-0.4, -0.2) is 18.0 Å². The SMILES string of the molecule is CCCc1cccc(C2(C#N)CCN(Cc3ccccc3)CC2)c1. The van der Waals surface area contributed by atoms with Gasteiger partial charge in [0, 0.05) is 19.6 Å². The smallest absolute Gasteiger partial charge is 0.0846 e. The molecular formula is C22H26N2. The van der Waals surface area contributed by atoms with E-state index in [1.54, 1.807) is 0 Å². The molecule has 2 heteroatoms. The van der Waals surface area contributed by atoms with Crippen LogP contribution in [0.3, 0.4) is 0 Å². The molecule has 0 atom stereocenters. The number of hydrogen-bond acceptors (Lipinski definition) is 2. The summed E-state index contributed by atoms with van der Waals surface area (Å²) in [5.74, 6) is 0. The first-order valence-electron chi connectivity index (χ1n) is 9.03. The van der Waals surface area contributed by atoms with Gasteiger partial charge in [0.2, 0.25) is 0 Å². The largest absolute Gasteiger partial charge is 0.299 e. The third-order valence-electron chi connectivity index (χ3n) is 5.19. The molecule has 0 N–H and O–H groups in total. The van der Waals surface area contributed by atoms with Gasteiger partial charge in [0.25, 0.3) is 0 Å². The molecule has 1 aliphatic heterocycles. The van der Waals surface area contributed by atoms with Crippen LogP contribution in [0.1, 0.15) is 42.9 Å². The number of likely N-dealkylation sites (tertiary alicyclic amines) is 1. The van der Waals surface area contributed by atoms with E-state index in [0.717, 1.165) is 45.3 Å². The van der Waals surface area contributed by atoms with Crippen molar-refractivity contribution in [1.29, 1.82) is 5.26 Å². The van der Waals surface area contributed by atoms with E-state index in [2.05, 4.69) is 72.5 Å². The lowest BCUT2D eigenvalue weighted by Gasteiger charge is -2.37. The quantitative estimate of drug-likeness (QED) is 0.799. The molecule has 0 radical (unpaired) electrons. The van der Waals surface area contributed by atoms with Crippen molar-refractivity contribution in [1.82, 2.24) is 4.90 Å². The lowest BCUT2D eigenvalue weighted by atomic mass is 9.73. The van der Waals surface area contributed by atoms with Gasteiger partial charge in [-0.3, -0.25) is 4.90 Å². The number of hydrogen-bond donors (Lipinski definition) is 0. The maximum absolute atomic E-state index is 9.92. The molecule has 1 fully saturated rings. The van der Waals surface area contributed by atoms with E-state index < -0.39 is 0 Å². The highest BCUT2D eigenvalue weighted by atomic mass is 15.1. The molecule has 3 rings (SSSR count). The molecular weight excluding hydrogens is 292 g/mol. The van der Waals surface area contributed by atoms with Crippen LogP contribution in [0.2, 0.25) is 0 Å². The van der Waals surface area contributed by atoms with Gasteiger partial charge < -0.3 is 0 Å². The Kier molecular flexibility index (Phi) is 5.33. The molecule has 1 heterocycles. The summed E-state index contributed by atoms with van der Waals surface area (Å²) in [5, 5.41) is 9.92. The third kappa shape index (κ3) is 3.68. The average molecular weight is 318 g/mol. The minimum Gasteiger partial charge on any atom is -0.299 e. The number of piperidine rings is 1. The van der Waals surface area contributed by atoms with Gasteiger partial charge in [-0.05, 0) is 36.0 Å². The molecule has 2 aromatic rings. The first kappa shape index (κ1) is 16.7. The van der Waals surface area contributed by atoms with Crippen LogP contribution in [0, 0.1) is 11.3 Å². The zero-order valence-electron chi connectivity index (χ0n) is 14.5. The Labute approximate surface area is 145 Å². The van der Waals surface area contributed by atoms with Crippen molar-refractivity contribution in [2.75, 3.05) is 13.1 Å². The Morgan fingerprint density at radius 2 is 1.71 bits per heavy atom. The lowest BCUT2D eigenvalue weighted by Crippen LogP contribution is -2.41. The van der Waals surface area contributed by atoms with Crippen LogP contribution < -0.4 is 0 Å². The van der Waals surface area contributed by atoms with E-state index in [4.69, 9.17) is 0 Å². The predicted octanol–water partition coefficient (Wildman–Crippen LogP) is 4.70. The molecule has 0 saturated carbocycles. The number of rotatable bonds is 5. The fourth-order valence-corrected chi connectivity index (χ4v) is 3.71. The summed E-state index contributed by atoms with van der Waals surface area (Å²) in [6.45, 7) is 5.16. The highest BCUT2D eigenvalue weighted by Crippen LogP contribution is 2.35. The summed E-state index contributed by atoms with van der Waals surface area (Å²) in [6.07, 6.45) is 4.08.